The van der Waals surface area contributed by atoms with Gasteiger partial charge in [-0.25, -0.2) is 4.98 Å². The smallest absolute Gasteiger partial charge is 0.257 e. The van der Waals surface area contributed by atoms with Crippen LogP contribution in [0.25, 0.3) is 0 Å². The lowest BCUT2D eigenvalue weighted by atomic mass is 9.98. The van der Waals surface area contributed by atoms with E-state index in [-0.39, 0.29) is 23.7 Å². The number of nitrogens with two attached hydrogens (primary N) is 1. The summed E-state index contributed by atoms with van der Waals surface area (Å²) in [5.41, 5.74) is 6.42. The van der Waals surface area contributed by atoms with E-state index in [1.165, 1.54) is 6.20 Å². The van der Waals surface area contributed by atoms with Crippen LogP contribution in [0, 0.1) is 0 Å². The second-order valence-corrected chi connectivity index (χ2v) is 5.13. The molecule has 3 N–H and O–H groups in total. The maximum Gasteiger partial charge on any atom is 0.257 e. The Hall–Kier alpha value is -1.33. The average Bonchev–Trinajstić information content (AvgIpc) is 2.42. The predicted octanol–water partition coefficient (Wildman–Crippen LogP) is 1.69. The fourth-order valence-corrected chi connectivity index (χ4v) is 2.67. The molecule has 104 valence electrons. The van der Waals surface area contributed by atoms with Crippen LogP contribution >= 0.6 is 11.6 Å². The highest BCUT2D eigenvalue weighted by atomic mass is 35.5. The zero-order valence-electron chi connectivity index (χ0n) is 10.7. The van der Waals surface area contributed by atoms with Gasteiger partial charge in [-0.3, -0.25) is 4.79 Å². The van der Waals surface area contributed by atoms with Gasteiger partial charge in [-0.2, -0.15) is 0 Å². The number of carbonyl (C=O) groups is 1. The number of amides is 1. The molecule has 1 aliphatic heterocycles. The van der Waals surface area contributed by atoms with Crippen LogP contribution in [0.15, 0.2) is 12.3 Å². The number of aliphatic hydroxyl groups excluding tert-OH is 1. The molecule has 0 aliphatic carbocycles. The summed E-state index contributed by atoms with van der Waals surface area (Å²) in [6.07, 6.45) is 5.00. The zero-order chi connectivity index (χ0) is 13.8. The van der Waals surface area contributed by atoms with E-state index in [1.54, 1.807) is 11.0 Å². The Kier molecular flexibility index (Phi) is 4.61. The molecule has 6 heteroatoms. The van der Waals surface area contributed by atoms with E-state index in [2.05, 4.69) is 4.98 Å². The van der Waals surface area contributed by atoms with Crippen LogP contribution < -0.4 is 5.73 Å². The first-order chi connectivity index (χ1) is 9.13. The van der Waals surface area contributed by atoms with E-state index in [1.807, 2.05) is 0 Å². The second kappa shape index (κ2) is 6.21. The molecule has 0 bridgehead atoms. The Bertz CT molecular complexity index is 465. The standard InChI is InChI=1S/C13H18ClN3O2/c14-12-11(7-9(15)8-16-12)13(19)17-5-2-1-3-10(17)4-6-18/h7-8,10,18H,1-6,15H2. The molecule has 0 radical (unpaired) electrons. The van der Waals surface area contributed by atoms with Crippen molar-refractivity contribution in [3.63, 3.8) is 0 Å². The van der Waals surface area contributed by atoms with Crippen molar-refractivity contribution in [1.29, 1.82) is 0 Å². The summed E-state index contributed by atoms with van der Waals surface area (Å²) < 4.78 is 0. The van der Waals surface area contributed by atoms with E-state index in [9.17, 15) is 4.79 Å². The van der Waals surface area contributed by atoms with Crippen LogP contribution in [0.2, 0.25) is 5.15 Å². The largest absolute Gasteiger partial charge is 0.397 e. The normalized spacial score (nSPS) is 19.5. The Morgan fingerprint density at radius 1 is 1.58 bits per heavy atom. The number of pyridine rings is 1. The molecule has 1 fully saturated rings. The fraction of sp³-hybridized carbons (Fsp3) is 0.538. The van der Waals surface area contributed by atoms with Crippen LogP contribution in [0.4, 0.5) is 5.69 Å². The molecule has 0 aromatic carbocycles. The number of carbonyl (C=O) groups excluding carboxylic acids is 1. The second-order valence-electron chi connectivity index (χ2n) is 4.77. The summed E-state index contributed by atoms with van der Waals surface area (Å²) >= 11 is 5.97. The summed E-state index contributed by atoms with van der Waals surface area (Å²) in [6, 6.07) is 1.63. The molecule has 0 spiro atoms. The molecule has 1 aromatic heterocycles. The fourth-order valence-electron chi connectivity index (χ4n) is 2.49. The summed E-state index contributed by atoms with van der Waals surface area (Å²) in [5, 5.41) is 9.26. The monoisotopic (exact) mass is 283 g/mol. The van der Waals surface area contributed by atoms with Crippen molar-refractivity contribution in [2.75, 3.05) is 18.9 Å². The first kappa shape index (κ1) is 14.1. The number of anilines is 1. The van der Waals surface area contributed by atoms with Crippen molar-refractivity contribution in [1.82, 2.24) is 9.88 Å². The van der Waals surface area contributed by atoms with Gasteiger partial charge in [0.25, 0.3) is 5.91 Å². The van der Waals surface area contributed by atoms with Gasteiger partial charge in [0, 0.05) is 19.2 Å². The van der Waals surface area contributed by atoms with Crippen molar-refractivity contribution >= 4 is 23.2 Å². The molecule has 1 unspecified atom stereocenters. The van der Waals surface area contributed by atoms with Gasteiger partial charge >= 0.3 is 0 Å². The molecular formula is C13H18ClN3O2. The zero-order valence-corrected chi connectivity index (χ0v) is 11.4. The van der Waals surface area contributed by atoms with Crippen LogP contribution in [0.3, 0.4) is 0 Å². The van der Waals surface area contributed by atoms with Gasteiger partial charge in [-0.1, -0.05) is 11.6 Å². The lowest BCUT2D eigenvalue weighted by molar-refractivity contribution is 0.0574. The summed E-state index contributed by atoms with van der Waals surface area (Å²) in [4.78, 5) is 18.2. The van der Waals surface area contributed by atoms with Gasteiger partial charge < -0.3 is 15.7 Å². The van der Waals surface area contributed by atoms with E-state index in [0.717, 1.165) is 19.3 Å². The van der Waals surface area contributed by atoms with Gasteiger partial charge in [0.2, 0.25) is 0 Å². The number of hydrogen-bond donors (Lipinski definition) is 2. The molecule has 1 saturated heterocycles. The van der Waals surface area contributed by atoms with Crippen molar-refractivity contribution in [3.8, 4) is 0 Å². The molecule has 1 aromatic rings. The van der Waals surface area contributed by atoms with E-state index in [0.29, 0.717) is 24.2 Å². The van der Waals surface area contributed by atoms with Crippen molar-refractivity contribution in [3.05, 3.63) is 23.0 Å². The first-order valence-electron chi connectivity index (χ1n) is 6.46. The Morgan fingerprint density at radius 2 is 2.37 bits per heavy atom. The number of likely N-dealkylation sites (tertiary alicyclic amines) is 1. The molecule has 1 aliphatic rings. The molecule has 1 atom stereocenters. The van der Waals surface area contributed by atoms with Crippen LogP contribution in [0.5, 0.6) is 0 Å². The highest BCUT2D eigenvalue weighted by Gasteiger charge is 2.28. The molecule has 5 nitrogen and oxygen atoms in total. The Balaban J connectivity index is 2.23. The lowest BCUT2D eigenvalue weighted by Gasteiger charge is -2.35. The number of nitrogens with zero attached hydrogens (tertiary/aromatic N) is 2. The molecular weight excluding hydrogens is 266 g/mol. The summed E-state index contributed by atoms with van der Waals surface area (Å²) in [7, 11) is 0. The highest BCUT2D eigenvalue weighted by Crippen LogP contribution is 2.24. The van der Waals surface area contributed by atoms with E-state index in [4.69, 9.17) is 22.4 Å². The van der Waals surface area contributed by atoms with E-state index < -0.39 is 0 Å². The maximum absolute atomic E-state index is 12.5. The van der Waals surface area contributed by atoms with Crippen molar-refractivity contribution in [2.45, 2.75) is 31.7 Å². The number of halogens is 1. The van der Waals surface area contributed by atoms with Crippen LogP contribution in [0.1, 0.15) is 36.0 Å². The number of piperidine rings is 1. The summed E-state index contributed by atoms with van der Waals surface area (Å²) in [5.74, 6) is -0.150. The Morgan fingerprint density at radius 3 is 3.11 bits per heavy atom. The van der Waals surface area contributed by atoms with E-state index >= 15 is 0 Å². The van der Waals surface area contributed by atoms with Gasteiger partial charge in [0.15, 0.2) is 0 Å². The van der Waals surface area contributed by atoms with Crippen molar-refractivity contribution in [2.24, 2.45) is 0 Å². The molecule has 0 saturated carbocycles. The SMILES string of the molecule is Nc1cnc(Cl)c(C(=O)N2CCCCC2CCO)c1. The van der Waals surface area contributed by atoms with Gasteiger partial charge in [-0.15, -0.1) is 0 Å². The van der Waals surface area contributed by atoms with Crippen molar-refractivity contribution < 1.29 is 9.90 Å². The minimum Gasteiger partial charge on any atom is -0.397 e. The predicted molar refractivity (Wildman–Crippen MR) is 74.0 cm³/mol. The minimum absolute atomic E-state index is 0.0729. The third kappa shape index (κ3) is 3.16. The quantitative estimate of drug-likeness (QED) is 0.828. The molecule has 2 rings (SSSR count). The number of rotatable bonds is 3. The number of hydrogen-bond acceptors (Lipinski definition) is 4. The first-order valence-corrected chi connectivity index (χ1v) is 6.84. The van der Waals surface area contributed by atoms with Gasteiger partial charge in [0.05, 0.1) is 17.4 Å². The van der Waals surface area contributed by atoms with Gasteiger partial charge in [0.1, 0.15) is 5.15 Å². The number of aliphatic hydroxyl groups is 1. The lowest BCUT2D eigenvalue weighted by Crippen LogP contribution is -2.44. The maximum atomic E-state index is 12.5. The number of nitrogen functional groups attached to an aromatic ring is 1. The van der Waals surface area contributed by atoms with Crippen LogP contribution in [-0.2, 0) is 0 Å². The molecule has 2 heterocycles. The minimum atomic E-state index is -0.150. The third-order valence-electron chi connectivity index (χ3n) is 3.44. The highest BCUT2D eigenvalue weighted by molar-refractivity contribution is 6.32. The molecule has 19 heavy (non-hydrogen) atoms. The number of aromatic nitrogens is 1. The average molecular weight is 284 g/mol. The summed E-state index contributed by atoms with van der Waals surface area (Å²) in [6.45, 7) is 0.770. The van der Waals surface area contributed by atoms with Crippen LogP contribution in [-0.4, -0.2) is 40.1 Å². The van der Waals surface area contributed by atoms with Gasteiger partial charge in [-0.05, 0) is 31.7 Å². The topological polar surface area (TPSA) is 79.5 Å². The third-order valence-corrected chi connectivity index (χ3v) is 3.74. The Labute approximate surface area is 117 Å². The molecule has 1 amide bonds.